The van der Waals surface area contributed by atoms with E-state index in [1.54, 1.807) is 0 Å². The first-order valence-electron chi connectivity index (χ1n) is 6.14. The van der Waals surface area contributed by atoms with Gasteiger partial charge in [0.1, 0.15) is 0 Å². The maximum atomic E-state index is 3.61. The summed E-state index contributed by atoms with van der Waals surface area (Å²) in [4.78, 5) is 0.313. The van der Waals surface area contributed by atoms with E-state index in [4.69, 9.17) is 0 Å². The summed E-state index contributed by atoms with van der Waals surface area (Å²) in [7, 11) is 0. The van der Waals surface area contributed by atoms with E-state index in [1.165, 1.54) is 19.3 Å². The van der Waals surface area contributed by atoms with Crippen molar-refractivity contribution in [2.75, 3.05) is 0 Å². The largest absolute Gasteiger partial charge is 0.0917 e. The van der Waals surface area contributed by atoms with Crippen molar-refractivity contribution in [1.82, 2.24) is 0 Å². The number of allylic oxidation sites excluding steroid dienone is 2. The first kappa shape index (κ1) is 14.1. The molecule has 0 fully saturated rings. The fourth-order valence-corrected chi connectivity index (χ4v) is 1.95. The van der Waals surface area contributed by atoms with Crippen molar-refractivity contribution in [2.45, 2.75) is 37.4 Å². The summed E-state index contributed by atoms with van der Waals surface area (Å²) in [6, 6.07) is 10.1. The van der Waals surface area contributed by atoms with Crippen LogP contribution in [0.15, 0.2) is 42.5 Å². The highest BCUT2D eigenvalue weighted by molar-refractivity contribution is 9.09. The van der Waals surface area contributed by atoms with Crippen molar-refractivity contribution in [3.05, 3.63) is 48.0 Å². The van der Waals surface area contributed by atoms with E-state index in [0.29, 0.717) is 4.83 Å². The summed E-state index contributed by atoms with van der Waals surface area (Å²) in [5, 5.41) is 0. The zero-order valence-electron chi connectivity index (χ0n) is 10.3. The van der Waals surface area contributed by atoms with Crippen LogP contribution >= 0.6 is 15.9 Å². The van der Waals surface area contributed by atoms with Gasteiger partial charge in [-0.3, -0.25) is 0 Å². The Morgan fingerprint density at radius 1 is 1.24 bits per heavy atom. The van der Waals surface area contributed by atoms with Crippen molar-refractivity contribution < 1.29 is 0 Å². The normalized spacial score (nSPS) is 12.1. The lowest BCUT2D eigenvalue weighted by Gasteiger charge is -2.00. The van der Waals surface area contributed by atoms with Gasteiger partial charge in [0.2, 0.25) is 0 Å². The predicted molar refractivity (Wildman–Crippen MR) is 79.3 cm³/mol. The topological polar surface area (TPSA) is 0 Å². The van der Waals surface area contributed by atoms with Crippen molar-refractivity contribution >= 4 is 15.9 Å². The van der Waals surface area contributed by atoms with E-state index in [1.807, 2.05) is 30.3 Å². The summed E-state index contributed by atoms with van der Waals surface area (Å²) in [6.45, 7) is 2.07. The lowest BCUT2D eigenvalue weighted by molar-refractivity contribution is 0.712. The van der Waals surface area contributed by atoms with E-state index in [0.717, 1.165) is 12.0 Å². The molecule has 1 aromatic rings. The van der Waals surface area contributed by atoms with Crippen molar-refractivity contribution in [3.63, 3.8) is 0 Å². The molecular formula is C16H19Br. The van der Waals surface area contributed by atoms with Gasteiger partial charge in [-0.25, -0.2) is 0 Å². The molecule has 1 unspecified atom stereocenters. The Hall–Kier alpha value is -1.00. The minimum atomic E-state index is 0.313. The van der Waals surface area contributed by atoms with Crippen LogP contribution in [-0.4, -0.2) is 4.83 Å². The molecule has 0 saturated heterocycles. The molecule has 0 spiro atoms. The Bertz CT molecular complexity index is 381. The van der Waals surface area contributed by atoms with E-state index in [2.05, 4.69) is 46.8 Å². The molecule has 0 N–H and O–H groups in total. The SMILES string of the molecule is C/C=C/CCCCC(Br)C#Cc1ccccc1. The fraction of sp³-hybridized carbons (Fsp3) is 0.375. The third kappa shape index (κ3) is 7.02. The summed E-state index contributed by atoms with van der Waals surface area (Å²) >= 11 is 3.61. The summed E-state index contributed by atoms with van der Waals surface area (Å²) in [5.74, 6) is 6.42. The molecule has 0 radical (unpaired) electrons. The molecule has 1 aromatic carbocycles. The molecule has 17 heavy (non-hydrogen) atoms. The van der Waals surface area contributed by atoms with Crippen LogP contribution in [-0.2, 0) is 0 Å². The van der Waals surface area contributed by atoms with Crippen molar-refractivity contribution in [1.29, 1.82) is 0 Å². The quantitative estimate of drug-likeness (QED) is 0.312. The van der Waals surface area contributed by atoms with Crippen LogP contribution in [0.1, 0.15) is 38.2 Å². The monoisotopic (exact) mass is 290 g/mol. The Morgan fingerprint density at radius 2 is 2.00 bits per heavy atom. The molecule has 0 amide bonds. The van der Waals surface area contributed by atoms with Gasteiger partial charge < -0.3 is 0 Å². The number of unbranched alkanes of at least 4 members (excludes halogenated alkanes) is 2. The molecule has 1 atom stereocenters. The summed E-state index contributed by atoms with van der Waals surface area (Å²) in [5.41, 5.74) is 1.09. The van der Waals surface area contributed by atoms with Crippen LogP contribution in [0.4, 0.5) is 0 Å². The van der Waals surface area contributed by atoms with Gasteiger partial charge >= 0.3 is 0 Å². The first-order chi connectivity index (χ1) is 8.33. The Balaban J connectivity index is 2.25. The molecular weight excluding hydrogens is 272 g/mol. The second-order valence-corrected chi connectivity index (χ2v) is 5.06. The molecule has 1 heteroatoms. The average molecular weight is 291 g/mol. The van der Waals surface area contributed by atoms with Crippen LogP contribution in [0.2, 0.25) is 0 Å². The molecule has 0 aliphatic carbocycles. The molecule has 0 aliphatic heterocycles. The molecule has 0 heterocycles. The highest BCUT2D eigenvalue weighted by Gasteiger charge is 1.98. The summed E-state index contributed by atoms with van der Waals surface area (Å²) < 4.78 is 0. The number of alkyl halides is 1. The molecule has 0 aromatic heterocycles. The molecule has 0 nitrogen and oxygen atoms in total. The third-order valence-electron chi connectivity index (χ3n) is 2.46. The average Bonchev–Trinajstić information content (AvgIpc) is 2.37. The standard InChI is InChI=1S/C16H19Br/c1-2-3-4-5-9-12-16(17)14-13-15-10-7-6-8-11-15/h2-3,6-8,10-11,16H,4-5,9,12H2,1H3/b3-2+. The number of rotatable bonds is 5. The Labute approximate surface area is 113 Å². The molecule has 1 rings (SSSR count). The third-order valence-corrected chi connectivity index (χ3v) is 3.15. The molecule has 0 bridgehead atoms. The lowest BCUT2D eigenvalue weighted by Crippen LogP contribution is -1.93. The van der Waals surface area contributed by atoms with Crippen molar-refractivity contribution in [3.8, 4) is 11.8 Å². The van der Waals surface area contributed by atoms with E-state index in [-0.39, 0.29) is 0 Å². The molecule has 90 valence electrons. The lowest BCUT2D eigenvalue weighted by atomic mass is 10.1. The van der Waals surface area contributed by atoms with Crippen LogP contribution < -0.4 is 0 Å². The maximum absolute atomic E-state index is 3.61. The number of halogens is 1. The minimum absolute atomic E-state index is 0.313. The minimum Gasteiger partial charge on any atom is -0.0917 e. The Morgan fingerprint density at radius 3 is 2.71 bits per heavy atom. The number of hydrogen-bond donors (Lipinski definition) is 0. The van der Waals surface area contributed by atoms with Gasteiger partial charge in [-0.1, -0.05) is 64.5 Å². The molecule has 0 saturated carbocycles. The smallest absolute Gasteiger partial charge is 0.0758 e. The molecule has 0 aliphatic rings. The fourth-order valence-electron chi connectivity index (χ4n) is 1.51. The number of hydrogen-bond acceptors (Lipinski definition) is 0. The van der Waals surface area contributed by atoms with Crippen molar-refractivity contribution in [2.24, 2.45) is 0 Å². The second kappa shape index (κ2) is 9.07. The van der Waals surface area contributed by atoms with Crippen LogP contribution in [0.5, 0.6) is 0 Å². The van der Waals surface area contributed by atoms with E-state index >= 15 is 0 Å². The highest BCUT2D eigenvalue weighted by Crippen LogP contribution is 2.10. The summed E-state index contributed by atoms with van der Waals surface area (Å²) in [6.07, 6.45) is 9.11. The first-order valence-corrected chi connectivity index (χ1v) is 7.06. The van der Waals surface area contributed by atoms with Crippen LogP contribution in [0.3, 0.4) is 0 Å². The predicted octanol–water partition coefficient (Wildman–Crippen LogP) is 4.94. The zero-order valence-corrected chi connectivity index (χ0v) is 11.9. The van der Waals surface area contributed by atoms with Gasteiger partial charge in [-0.2, -0.15) is 0 Å². The van der Waals surface area contributed by atoms with Crippen LogP contribution in [0, 0.1) is 11.8 Å². The number of benzene rings is 1. The van der Waals surface area contributed by atoms with Crippen LogP contribution in [0.25, 0.3) is 0 Å². The zero-order chi connectivity index (χ0) is 12.3. The van der Waals surface area contributed by atoms with E-state index < -0.39 is 0 Å². The van der Waals surface area contributed by atoms with Gasteiger partial charge in [0.05, 0.1) is 4.83 Å². The highest BCUT2D eigenvalue weighted by atomic mass is 79.9. The Kier molecular flexibility index (Phi) is 7.51. The van der Waals surface area contributed by atoms with Gasteiger partial charge in [-0.15, -0.1) is 0 Å². The van der Waals surface area contributed by atoms with E-state index in [9.17, 15) is 0 Å². The maximum Gasteiger partial charge on any atom is 0.0758 e. The van der Waals surface area contributed by atoms with Gasteiger partial charge in [0.15, 0.2) is 0 Å². The van der Waals surface area contributed by atoms with Gasteiger partial charge in [-0.05, 0) is 38.3 Å². The van der Waals surface area contributed by atoms with Gasteiger partial charge in [0.25, 0.3) is 0 Å². The van der Waals surface area contributed by atoms with Gasteiger partial charge in [0, 0.05) is 5.56 Å². The second-order valence-electron chi connectivity index (χ2n) is 3.96.